The molecule has 0 amide bonds. The van der Waals surface area contributed by atoms with E-state index in [1.165, 1.54) is 0 Å². The first-order valence-corrected chi connectivity index (χ1v) is 7.71. The third-order valence-corrected chi connectivity index (χ3v) is 4.32. The van der Waals surface area contributed by atoms with Gasteiger partial charge in [-0.25, -0.2) is 15.8 Å². The van der Waals surface area contributed by atoms with Gasteiger partial charge < -0.3 is 9.84 Å². The van der Waals surface area contributed by atoms with Gasteiger partial charge in [0, 0.05) is 0 Å². The van der Waals surface area contributed by atoms with Gasteiger partial charge in [-0.2, -0.15) is 0 Å². The fourth-order valence-corrected chi connectivity index (χ4v) is 3.27. The number of furan rings is 1. The second kappa shape index (κ2) is 5.60. The summed E-state index contributed by atoms with van der Waals surface area (Å²) >= 11 is 3.30. The number of nitrogens with zero attached hydrogens (tertiary/aromatic N) is 2. The molecule has 3 rings (SSSR count). The summed E-state index contributed by atoms with van der Waals surface area (Å²) in [7, 11) is 0. The van der Waals surface area contributed by atoms with Crippen LogP contribution >= 0.6 is 23.1 Å². The summed E-state index contributed by atoms with van der Waals surface area (Å²) in [5, 5.41) is 2.95. The van der Waals surface area contributed by atoms with Crippen LogP contribution in [0.15, 0.2) is 34.3 Å². The lowest BCUT2D eigenvalue weighted by atomic mass is 10.4. The number of hydrogen-bond donors (Lipinski definition) is 2. The van der Waals surface area contributed by atoms with Crippen LogP contribution < -0.4 is 11.3 Å². The Morgan fingerprint density at radius 2 is 2.26 bits per heavy atom. The molecule has 19 heavy (non-hydrogen) atoms. The van der Waals surface area contributed by atoms with Gasteiger partial charge in [0.15, 0.2) is 5.82 Å². The predicted molar refractivity (Wildman–Crippen MR) is 78.9 cm³/mol. The van der Waals surface area contributed by atoms with Crippen molar-refractivity contribution in [2.75, 3.05) is 5.43 Å². The van der Waals surface area contributed by atoms with Crippen LogP contribution in [0.2, 0.25) is 0 Å². The van der Waals surface area contributed by atoms with Gasteiger partial charge in [-0.05, 0) is 23.6 Å². The van der Waals surface area contributed by atoms with E-state index in [-0.39, 0.29) is 0 Å². The van der Waals surface area contributed by atoms with E-state index in [0.717, 1.165) is 33.3 Å². The maximum atomic E-state index is 5.49. The Hall–Kier alpha value is -1.57. The molecule has 0 spiro atoms. The molecule has 0 bridgehead atoms. The molecular weight excluding hydrogens is 280 g/mol. The molecule has 0 atom stereocenters. The minimum atomic E-state index is 0.680. The molecule has 3 aromatic rings. The minimum absolute atomic E-state index is 0.680. The van der Waals surface area contributed by atoms with Crippen molar-refractivity contribution >= 4 is 39.1 Å². The first-order valence-electron chi connectivity index (χ1n) is 5.67. The number of nitrogens with one attached hydrogen (secondary N) is 1. The highest BCUT2D eigenvalue weighted by Crippen LogP contribution is 2.26. The van der Waals surface area contributed by atoms with Crippen LogP contribution in [0.5, 0.6) is 0 Å². The van der Waals surface area contributed by atoms with E-state index in [0.29, 0.717) is 5.82 Å². The first kappa shape index (κ1) is 12.5. The van der Waals surface area contributed by atoms with Crippen LogP contribution in [-0.2, 0) is 11.5 Å². The maximum Gasteiger partial charge on any atom is 0.152 e. The van der Waals surface area contributed by atoms with Gasteiger partial charge in [-0.1, -0.05) is 0 Å². The smallest absolute Gasteiger partial charge is 0.152 e. The zero-order chi connectivity index (χ0) is 13.1. The molecule has 98 valence electrons. The van der Waals surface area contributed by atoms with E-state index in [1.807, 2.05) is 23.6 Å². The molecule has 0 aliphatic rings. The van der Waals surface area contributed by atoms with Crippen LogP contribution in [0.3, 0.4) is 0 Å². The van der Waals surface area contributed by atoms with Gasteiger partial charge in [0.2, 0.25) is 0 Å². The number of fused-ring (bicyclic) bond motifs is 1. The molecule has 0 aliphatic carbocycles. The Balaban J connectivity index is 1.73. The van der Waals surface area contributed by atoms with Crippen molar-refractivity contribution in [2.45, 2.75) is 11.5 Å². The summed E-state index contributed by atoms with van der Waals surface area (Å²) < 4.78 is 5.28. The highest BCUT2D eigenvalue weighted by molar-refractivity contribution is 7.97. The number of nitrogen functional groups attached to an aromatic ring is 1. The van der Waals surface area contributed by atoms with E-state index in [9.17, 15) is 0 Å². The van der Waals surface area contributed by atoms with Crippen LogP contribution in [0.1, 0.15) is 11.6 Å². The number of hydrazine groups is 1. The zero-order valence-corrected chi connectivity index (χ0v) is 11.6. The van der Waals surface area contributed by atoms with E-state index >= 15 is 0 Å². The van der Waals surface area contributed by atoms with Crippen molar-refractivity contribution < 1.29 is 4.42 Å². The molecule has 0 aromatic carbocycles. The van der Waals surface area contributed by atoms with Crippen molar-refractivity contribution in [1.82, 2.24) is 9.97 Å². The number of thioether (sulfide) groups is 1. The molecule has 0 unspecified atom stereocenters. The van der Waals surface area contributed by atoms with Gasteiger partial charge in [0.05, 0.1) is 23.2 Å². The average molecular weight is 292 g/mol. The summed E-state index contributed by atoms with van der Waals surface area (Å²) in [4.78, 5) is 9.90. The number of anilines is 1. The number of nitrogens with two attached hydrogens (primary N) is 1. The van der Waals surface area contributed by atoms with E-state index < -0.39 is 0 Å². The third-order valence-electron chi connectivity index (χ3n) is 2.56. The normalized spacial score (nSPS) is 11.0. The van der Waals surface area contributed by atoms with Gasteiger partial charge in [0.1, 0.15) is 16.4 Å². The van der Waals surface area contributed by atoms with Crippen molar-refractivity contribution in [3.05, 3.63) is 41.4 Å². The molecule has 0 fully saturated rings. The van der Waals surface area contributed by atoms with Crippen LogP contribution in [0.25, 0.3) is 10.2 Å². The number of aromatic nitrogens is 2. The molecule has 7 heteroatoms. The molecule has 0 saturated carbocycles. The summed E-state index contributed by atoms with van der Waals surface area (Å²) in [5.41, 5.74) is 2.63. The zero-order valence-electron chi connectivity index (χ0n) is 10.00. The second-order valence-corrected chi connectivity index (χ2v) is 5.72. The fourth-order valence-electron chi connectivity index (χ4n) is 1.71. The number of thiophene rings is 1. The molecule has 3 aromatic heterocycles. The second-order valence-electron chi connectivity index (χ2n) is 3.84. The standard InChI is InChI=1S/C12H12N4OS2/c13-16-11-9-3-5-19-12(9)15-10(14-11)7-18-6-8-2-1-4-17-8/h1-5H,6-7,13H2,(H,14,15,16). The Kier molecular flexibility index (Phi) is 3.67. The van der Waals surface area contributed by atoms with Gasteiger partial charge in [-0.15, -0.1) is 23.1 Å². The molecule has 3 heterocycles. The van der Waals surface area contributed by atoms with E-state index in [1.54, 1.807) is 29.4 Å². The molecule has 3 N–H and O–H groups in total. The highest BCUT2D eigenvalue weighted by atomic mass is 32.2. The van der Waals surface area contributed by atoms with Crippen molar-refractivity contribution in [3.8, 4) is 0 Å². The fraction of sp³-hybridized carbons (Fsp3) is 0.167. The van der Waals surface area contributed by atoms with Crippen molar-refractivity contribution in [3.63, 3.8) is 0 Å². The Morgan fingerprint density at radius 3 is 3.05 bits per heavy atom. The monoisotopic (exact) mass is 292 g/mol. The lowest BCUT2D eigenvalue weighted by Gasteiger charge is -2.04. The number of rotatable bonds is 5. The highest BCUT2D eigenvalue weighted by Gasteiger charge is 2.08. The van der Waals surface area contributed by atoms with Gasteiger partial charge in [0.25, 0.3) is 0 Å². The maximum absolute atomic E-state index is 5.49. The largest absolute Gasteiger partial charge is 0.468 e. The minimum Gasteiger partial charge on any atom is -0.468 e. The SMILES string of the molecule is NNc1nc(CSCc2ccco2)nc2sccc12. The molecule has 0 aliphatic heterocycles. The van der Waals surface area contributed by atoms with Crippen LogP contribution in [-0.4, -0.2) is 9.97 Å². The quantitative estimate of drug-likeness (QED) is 0.556. The summed E-state index contributed by atoms with van der Waals surface area (Å²) in [6.07, 6.45) is 1.68. The Morgan fingerprint density at radius 1 is 1.32 bits per heavy atom. The van der Waals surface area contributed by atoms with Crippen LogP contribution in [0, 0.1) is 0 Å². The van der Waals surface area contributed by atoms with Crippen molar-refractivity contribution in [2.24, 2.45) is 5.84 Å². The first-order chi connectivity index (χ1) is 9.36. The predicted octanol–water partition coefficient (Wildman–Crippen LogP) is 3.00. The van der Waals surface area contributed by atoms with Gasteiger partial charge in [-0.3, -0.25) is 0 Å². The Bertz CT molecular complexity index is 665. The van der Waals surface area contributed by atoms with E-state index in [2.05, 4.69) is 15.4 Å². The van der Waals surface area contributed by atoms with Crippen molar-refractivity contribution in [1.29, 1.82) is 0 Å². The van der Waals surface area contributed by atoms with E-state index in [4.69, 9.17) is 10.3 Å². The average Bonchev–Trinajstić information content (AvgIpc) is 3.08. The summed E-state index contributed by atoms with van der Waals surface area (Å²) in [6, 6.07) is 5.82. The summed E-state index contributed by atoms with van der Waals surface area (Å²) in [6.45, 7) is 0. The molecule has 0 radical (unpaired) electrons. The lowest BCUT2D eigenvalue weighted by Crippen LogP contribution is -2.10. The number of hydrogen-bond acceptors (Lipinski definition) is 7. The Labute approximate surface area is 118 Å². The summed E-state index contributed by atoms with van der Waals surface area (Å²) in [5.74, 6) is 9.44. The molecule has 5 nitrogen and oxygen atoms in total. The third kappa shape index (κ3) is 2.73. The van der Waals surface area contributed by atoms with Crippen LogP contribution in [0.4, 0.5) is 5.82 Å². The topological polar surface area (TPSA) is 77.0 Å². The molecule has 0 saturated heterocycles. The molecular formula is C12H12N4OS2. The van der Waals surface area contributed by atoms with Gasteiger partial charge >= 0.3 is 0 Å². The lowest BCUT2D eigenvalue weighted by molar-refractivity contribution is 0.530.